The second-order valence-corrected chi connectivity index (χ2v) is 6.15. The zero-order chi connectivity index (χ0) is 11.7. The van der Waals surface area contributed by atoms with Crippen molar-refractivity contribution < 1.29 is 0 Å². The van der Waals surface area contributed by atoms with Gasteiger partial charge in [-0.1, -0.05) is 30.9 Å². The van der Waals surface area contributed by atoms with Gasteiger partial charge in [0.15, 0.2) is 0 Å². The second kappa shape index (κ2) is 5.09. The molecule has 0 bridgehead atoms. The van der Waals surface area contributed by atoms with Crippen molar-refractivity contribution >= 4 is 29.2 Å². The molecule has 1 saturated carbocycles. The van der Waals surface area contributed by atoms with Gasteiger partial charge in [-0.2, -0.15) is 0 Å². The highest BCUT2D eigenvalue weighted by molar-refractivity contribution is 7.97. The van der Waals surface area contributed by atoms with Crippen LogP contribution in [0.2, 0.25) is 5.02 Å². The molecule has 1 heterocycles. The molecule has 0 unspecified atom stereocenters. The Hall–Kier alpha value is -0.380. The molecule has 0 atom stereocenters. The lowest BCUT2D eigenvalue weighted by Gasteiger charge is -2.39. The summed E-state index contributed by atoms with van der Waals surface area (Å²) >= 11 is 7.84. The van der Waals surface area contributed by atoms with Gasteiger partial charge in [-0.15, -0.1) is 0 Å². The summed E-state index contributed by atoms with van der Waals surface area (Å²) in [6.45, 7) is 0.933. The molecule has 0 spiro atoms. The van der Waals surface area contributed by atoms with E-state index in [0.29, 0.717) is 6.04 Å². The van der Waals surface area contributed by atoms with E-state index in [-0.39, 0.29) is 0 Å². The first-order valence-electron chi connectivity index (χ1n) is 6.30. The Morgan fingerprint density at radius 3 is 2.88 bits per heavy atom. The van der Waals surface area contributed by atoms with Gasteiger partial charge in [0, 0.05) is 16.0 Å². The number of halogens is 1. The summed E-state index contributed by atoms with van der Waals surface area (Å²) in [4.78, 5) is 3.79. The van der Waals surface area contributed by atoms with Crippen molar-refractivity contribution in [2.24, 2.45) is 0 Å². The number of nitrogens with zero attached hydrogens (tertiary/aromatic N) is 1. The molecule has 1 aromatic carbocycles. The molecule has 2 nitrogen and oxygen atoms in total. The minimum absolute atomic E-state index is 0.689. The van der Waals surface area contributed by atoms with Crippen molar-refractivity contribution in [1.29, 1.82) is 0 Å². The van der Waals surface area contributed by atoms with E-state index in [0.717, 1.165) is 11.7 Å². The van der Waals surface area contributed by atoms with E-state index in [2.05, 4.69) is 21.8 Å². The lowest BCUT2D eigenvalue weighted by atomic mass is 9.94. The van der Waals surface area contributed by atoms with Gasteiger partial charge in [0.1, 0.15) is 0 Å². The highest BCUT2D eigenvalue weighted by atomic mass is 35.5. The highest BCUT2D eigenvalue weighted by Crippen LogP contribution is 2.37. The molecule has 0 amide bonds. The van der Waals surface area contributed by atoms with Gasteiger partial charge in [0.25, 0.3) is 0 Å². The van der Waals surface area contributed by atoms with Gasteiger partial charge in [0.05, 0.1) is 12.4 Å². The molecule has 1 N–H and O–H groups in total. The third-order valence-corrected chi connectivity index (χ3v) is 4.74. The van der Waals surface area contributed by atoms with Crippen molar-refractivity contribution in [3.05, 3.63) is 23.2 Å². The van der Waals surface area contributed by atoms with Gasteiger partial charge in [-0.05, 0) is 43.0 Å². The molecule has 0 saturated heterocycles. The van der Waals surface area contributed by atoms with Crippen LogP contribution in [0.1, 0.15) is 32.1 Å². The van der Waals surface area contributed by atoms with Crippen LogP contribution in [0.5, 0.6) is 0 Å². The largest absolute Gasteiger partial charge is 0.354 e. The van der Waals surface area contributed by atoms with Gasteiger partial charge >= 0.3 is 0 Å². The maximum atomic E-state index is 6.12. The van der Waals surface area contributed by atoms with Gasteiger partial charge in [-0.25, -0.2) is 4.72 Å². The monoisotopic (exact) mass is 268 g/mol. The van der Waals surface area contributed by atoms with Gasteiger partial charge in [-0.3, -0.25) is 0 Å². The third kappa shape index (κ3) is 2.42. The van der Waals surface area contributed by atoms with E-state index in [1.807, 2.05) is 6.07 Å². The molecule has 1 aromatic rings. The fraction of sp³-hybridized carbons (Fsp3) is 0.538. The molecular formula is C13H17ClN2S. The summed E-state index contributed by atoms with van der Waals surface area (Å²) in [5.74, 6) is 0. The Morgan fingerprint density at radius 1 is 1.24 bits per heavy atom. The topological polar surface area (TPSA) is 15.3 Å². The molecule has 0 aromatic heterocycles. The predicted octanol–water partition coefficient (Wildman–Crippen LogP) is 4.05. The number of nitrogens with one attached hydrogen (secondary N) is 1. The molecular weight excluding hydrogens is 252 g/mol. The van der Waals surface area contributed by atoms with Crippen molar-refractivity contribution in [3.8, 4) is 0 Å². The van der Waals surface area contributed by atoms with Gasteiger partial charge in [0.2, 0.25) is 0 Å². The first-order chi connectivity index (χ1) is 8.34. The summed E-state index contributed by atoms with van der Waals surface area (Å²) < 4.78 is 3.41. The van der Waals surface area contributed by atoms with Crippen LogP contribution in [0.25, 0.3) is 0 Å². The zero-order valence-electron chi connectivity index (χ0n) is 9.79. The Balaban J connectivity index is 1.89. The number of benzene rings is 1. The predicted molar refractivity (Wildman–Crippen MR) is 74.7 cm³/mol. The normalized spacial score (nSPS) is 21.4. The number of hydrogen-bond acceptors (Lipinski definition) is 3. The summed E-state index contributed by atoms with van der Waals surface area (Å²) in [6, 6.07) is 6.89. The molecule has 4 heteroatoms. The van der Waals surface area contributed by atoms with Crippen LogP contribution in [0.3, 0.4) is 0 Å². The molecule has 3 rings (SSSR count). The van der Waals surface area contributed by atoms with E-state index in [1.54, 1.807) is 11.9 Å². The van der Waals surface area contributed by atoms with Crippen LogP contribution in [-0.4, -0.2) is 12.7 Å². The van der Waals surface area contributed by atoms with Crippen LogP contribution in [-0.2, 0) is 0 Å². The van der Waals surface area contributed by atoms with Crippen molar-refractivity contribution in [2.45, 2.75) is 43.0 Å². The molecule has 17 heavy (non-hydrogen) atoms. The SMILES string of the molecule is Clc1ccc2c(c1)N(C1CCCCC1)CNS2. The fourth-order valence-electron chi connectivity index (χ4n) is 2.78. The average molecular weight is 269 g/mol. The molecule has 2 aliphatic rings. The lowest BCUT2D eigenvalue weighted by Crippen LogP contribution is -2.43. The van der Waals surface area contributed by atoms with E-state index in [9.17, 15) is 0 Å². The smallest absolute Gasteiger partial charge is 0.0781 e. The minimum atomic E-state index is 0.689. The number of hydrogen-bond donors (Lipinski definition) is 1. The van der Waals surface area contributed by atoms with Crippen LogP contribution < -0.4 is 9.62 Å². The Bertz CT molecular complexity index is 404. The van der Waals surface area contributed by atoms with Crippen molar-refractivity contribution in [2.75, 3.05) is 11.6 Å². The maximum Gasteiger partial charge on any atom is 0.0781 e. The van der Waals surface area contributed by atoms with Gasteiger partial charge < -0.3 is 4.90 Å². The Morgan fingerprint density at radius 2 is 2.06 bits per heavy atom. The quantitative estimate of drug-likeness (QED) is 0.774. The van der Waals surface area contributed by atoms with E-state index >= 15 is 0 Å². The zero-order valence-corrected chi connectivity index (χ0v) is 11.4. The number of rotatable bonds is 1. The molecule has 0 radical (unpaired) electrons. The Labute approximate surface area is 112 Å². The highest BCUT2D eigenvalue weighted by Gasteiger charge is 2.25. The first kappa shape index (κ1) is 11.7. The summed E-state index contributed by atoms with van der Waals surface area (Å²) in [6.07, 6.45) is 6.76. The van der Waals surface area contributed by atoms with E-state index < -0.39 is 0 Å². The second-order valence-electron chi connectivity index (χ2n) is 4.78. The molecule has 1 aliphatic carbocycles. The molecule has 1 aliphatic heterocycles. The average Bonchev–Trinajstić information content (AvgIpc) is 2.39. The maximum absolute atomic E-state index is 6.12. The summed E-state index contributed by atoms with van der Waals surface area (Å²) in [5, 5.41) is 0.840. The summed E-state index contributed by atoms with van der Waals surface area (Å²) in [5.41, 5.74) is 1.31. The number of fused-ring (bicyclic) bond motifs is 1. The van der Waals surface area contributed by atoms with Crippen LogP contribution >= 0.6 is 23.5 Å². The van der Waals surface area contributed by atoms with Crippen LogP contribution in [0.15, 0.2) is 23.1 Å². The Kier molecular flexibility index (Phi) is 3.50. The van der Waals surface area contributed by atoms with Crippen LogP contribution in [0.4, 0.5) is 5.69 Å². The molecule has 1 fully saturated rings. The van der Waals surface area contributed by atoms with Crippen molar-refractivity contribution in [1.82, 2.24) is 4.72 Å². The van der Waals surface area contributed by atoms with Crippen molar-refractivity contribution in [3.63, 3.8) is 0 Å². The third-order valence-electron chi connectivity index (χ3n) is 3.66. The van der Waals surface area contributed by atoms with Crippen LogP contribution in [0, 0.1) is 0 Å². The number of anilines is 1. The summed E-state index contributed by atoms with van der Waals surface area (Å²) in [7, 11) is 0. The standard InChI is InChI=1S/C13H17ClN2S/c14-10-6-7-13-12(8-10)16(9-15-17-13)11-4-2-1-3-5-11/h6-8,11,15H,1-5,9H2. The van der Waals surface area contributed by atoms with E-state index in [4.69, 9.17) is 11.6 Å². The molecule has 92 valence electrons. The fourth-order valence-corrected chi connectivity index (χ4v) is 3.73. The minimum Gasteiger partial charge on any atom is -0.354 e. The lowest BCUT2D eigenvalue weighted by molar-refractivity contribution is 0.411. The first-order valence-corrected chi connectivity index (χ1v) is 7.50. The van der Waals surface area contributed by atoms with E-state index in [1.165, 1.54) is 42.7 Å².